The number of methoxy groups -OCH3 is 1. The molecular weight excluding hydrogens is 228 g/mol. The molecular formula is C14H22N2O2. The topological polar surface area (TPSA) is 55.6 Å². The SMILES string of the molecule is COCC(N)CN(C)C(=O)c1ccc(C)c(C)c1. The number of ether oxygens (including phenoxy) is 1. The van der Waals surface area contributed by atoms with Crippen LogP contribution in [-0.4, -0.2) is 44.2 Å². The standard InChI is InChI=1S/C14H22N2O2/c1-10-5-6-12(7-11(10)2)14(17)16(3)8-13(15)9-18-4/h5-7,13H,8-9,15H2,1-4H3. The molecule has 4 nitrogen and oxygen atoms in total. The summed E-state index contributed by atoms with van der Waals surface area (Å²) in [5.74, 6) is -0.00958. The van der Waals surface area contributed by atoms with Gasteiger partial charge in [0.05, 0.1) is 6.61 Å². The molecule has 2 N–H and O–H groups in total. The smallest absolute Gasteiger partial charge is 0.253 e. The van der Waals surface area contributed by atoms with Crippen LogP contribution in [-0.2, 0) is 4.74 Å². The van der Waals surface area contributed by atoms with Gasteiger partial charge in [-0.2, -0.15) is 0 Å². The van der Waals surface area contributed by atoms with E-state index in [1.165, 1.54) is 5.56 Å². The van der Waals surface area contributed by atoms with Gasteiger partial charge in [0.25, 0.3) is 5.91 Å². The lowest BCUT2D eigenvalue weighted by Crippen LogP contribution is -2.41. The number of aryl methyl sites for hydroxylation is 2. The molecule has 1 aromatic carbocycles. The average Bonchev–Trinajstić information content (AvgIpc) is 2.32. The van der Waals surface area contributed by atoms with E-state index < -0.39 is 0 Å². The van der Waals surface area contributed by atoms with Gasteiger partial charge in [-0.05, 0) is 37.1 Å². The Balaban J connectivity index is 2.71. The minimum Gasteiger partial charge on any atom is -0.383 e. The van der Waals surface area contributed by atoms with E-state index >= 15 is 0 Å². The molecule has 1 amide bonds. The lowest BCUT2D eigenvalue weighted by Gasteiger charge is -2.21. The molecule has 100 valence electrons. The molecule has 0 aliphatic carbocycles. The second-order valence-electron chi connectivity index (χ2n) is 4.70. The molecule has 18 heavy (non-hydrogen) atoms. The normalized spacial score (nSPS) is 12.3. The third-order valence-corrected chi connectivity index (χ3v) is 2.99. The molecule has 4 heteroatoms. The van der Waals surface area contributed by atoms with Crippen molar-refractivity contribution in [1.82, 2.24) is 4.90 Å². The third-order valence-electron chi connectivity index (χ3n) is 2.99. The Morgan fingerprint density at radius 2 is 2.06 bits per heavy atom. The van der Waals surface area contributed by atoms with Crippen LogP contribution in [0, 0.1) is 13.8 Å². The lowest BCUT2D eigenvalue weighted by molar-refractivity contribution is 0.0764. The summed E-state index contributed by atoms with van der Waals surface area (Å²) < 4.78 is 4.96. The van der Waals surface area contributed by atoms with Crippen molar-refractivity contribution >= 4 is 5.91 Å². The highest BCUT2D eigenvalue weighted by Gasteiger charge is 2.15. The number of hydrogen-bond acceptors (Lipinski definition) is 3. The predicted octanol–water partition coefficient (Wildman–Crippen LogP) is 1.35. The number of nitrogens with two attached hydrogens (primary N) is 1. The van der Waals surface area contributed by atoms with Gasteiger partial charge >= 0.3 is 0 Å². The van der Waals surface area contributed by atoms with E-state index in [4.69, 9.17) is 10.5 Å². The van der Waals surface area contributed by atoms with Crippen LogP contribution in [0.5, 0.6) is 0 Å². The van der Waals surface area contributed by atoms with Crippen LogP contribution in [0.25, 0.3) is 0 Å². The lowest BCUT2D eigenvalue weighted by atomic mass is 10.1. The Morgan fingerprint density at radius 1 is 1.39 bits per heavy atom. The molecule has 0 aromatic heterocycles. The van der Waals surface area contributed by atoms with Crippen molar-refractivity contribution in [1.29, 1.82) is 0 Å². The number of carbonyl (C=O) groups is 1. The Kier molecular flexibility index (Phi) is 5.31. The monoisotopic (exact) mass is 250 g/mol. The molecule has 0 fully saturated rings. The fourth-order valence-corrected chi connectivity index (χ4v) is 1.80. The van der Waals surface area contributed by atoms with Crippen LogP contribution in [0.1, 0.15) is 21.5 Å². The molecule has 1 rings (SSSR count). The van der Waals surface area contributed by atoms with Crippen molar-refractivity contribution in [2.75, 3.05) is 27.3 Å². The van der Waals surface area contributed by atoms with Crippen LogP contribution in [0.15, 0.2) is 18.2 Å². The number of amides is 1. The summed E-state index contributed by atoms with van der Waals surface area (Å²) >= 11 is 0. The molecule has 0 saturated heterocycles. The van der Waals surface area contributed by atoms with Crippen LogP contribution < -0.4 is 5.73 Å². The zero-order valence-corrected chi connectivity index (χ0v) is 11.6. The number of hydrogen-bond donors (Lipinski definition) is 1. The van der Waals surface area contributed by atoms with Gasteiger partial charge in [0, 0.05) is 32.3 Å². The first kappa shape index (κ1) is 14.7. The predicted molar refractivity (Wildman–Crippen MR) is 72.7 cm³/mol. The minimum absolute atomic E-state index is 0.00958. The van der Waals surface area contributed by atoms with E-state index in [1.807, 2.05) is 32.0 Å². The summed E-state index contributed by atoms with van der Waals surface area (Å²) in [5.41, 5.74) is 8.84. The maximum Gasteiger partial charge on any atom is 0.253 e. The molecule has 0 spiro atoms. The van der Waals surface area contributed by atoms with E-state index in [0.717, 1.165) is 5.56 Å². The Morgan fingerprint density at radius 3 is 2.61 bits per heavy atom. The number of nitrogens with zero attached hydrogens (tertiary/aromatic N) is 1. The van der Waals surface area contributed by atoms with E-state index in [0.29, 0.717) is 18.7 Å². The molecule has 0 aliphatic heterocycles. The number of benzene rings is 1. The Labute approximate surface area is 109 Å². The third kappa shape index (κ3) is 3.82. The fourth-order valence-electron chi connectivity index (χ4n) is 1.80. The number of rotatable bonds is 5. The highest BCUT2D eigenvalue weighted by molar-refractivity contribution is 5.94. The zero-order valence-electron chi connectivity index (χ0n) is 11.6. The number of carbonyl (C=O) groups excluding carboxylic acids is 1. The molecule has 0 bridgehead atoms. The van der Waals surface area contributed by atoms with Gasteiger partial charge < -0.3 is 15.4 Å². The molecule has 1 unspecified atom stereocenters. The Hall–Kier alpha value is -1.39. The van der Waals surface area contributed by atoms with Crippen molar-refractivity contribution < 1.29 is 9.53 Å². The summed E-state index contributed by atoms with van der Waals surface area (Å²) in [6, 6.07) is 5.57. The van der Waals surface area contributed by atoms with Gasteiger partial charge in [-0.15, -0.1) is 0 Å². The largest absolute Gasteiger partial charge is 0.383 e. The maximum atomic E-state index is 12.2. The van der Waals surface area contributed by atoms with Gasteiger partial charge in [-0.1, -0.05) is 6.07 Å². The summed E-state index contributed by atoms with van der Waals surface area (Å²) in [4.78, 5) is 13.8. The fraction of sp³-hybridized carbons (Fsp3) is 0.500. The first-order valence-electron chi connectivity index (χ1n) is 6.03. The second-order valence-corrected chi connectivity index (χ2v) is 4.70. The van der Waals surface area contributed by atoms with E-state index in [1.54, 1.807) is 19.1 Å². The van der Waals surface area contributed by atoms with Gasteiger partial charge in [0.2, 0.25) is 0 Å². The van der Waals surface area contributed by atoms with Crippen molar-refractivity contribution in [2.24, 2.45) is 5.73 Å². The van der Waals surface area contributed by atoms with E-state index in [9.17, 15) is 4.79 Å². The van der Waals surface area contributed by atoms with Gasteiger partial charge in [0.1, 0.15) is 0 Å². The molecule has 1 aromatic rings. The molecule has 0 heterocycles. The summed E-state index contributed by atoms with van der Waals surface area (Å²) in [5, 5.41) is 0. The highest BCUT2D eigenvalue weighted by atomic mass is 16.5. The first-order chi connectivity index (χ1) is 8.45. The van der Waals surface area contributed by atoms with Crippen LogP contribution in [0.4, 0.5) is 0 Å². The first-order valence-corrected chi connectivity index (χ1v) is 6.03. The van der Waals surface area contributed by atoms with E-state index in [-0.39, 0.29) is 11.9 Å². The minimum atomic E-state index is -0.157. The van der Waals surface area contributed by atoms with Gasteiger partial charge in [-0.3, -0.25) is 4.79 Å². The molecule has 1 atom stereocenters. The molecule has 0 saturated carbocycles. The van der Waals surface area contributed by atoms with Crippen LogP contribution in [0.3, 0.4) is 0 Å². The van der Waals surface area contributed by atoms with Crippen molar-refractivity contribution in [2.45, 2.75) is 19.9 Å². The van der Waals surface area contributed by atoms with Gasteiger partial charge in [-0.25, -0.2) is 0 Å². The summed E-state index contributed by atoms with van der Waals surface area (Å²) in [6.07, 6.45) is 0. The zero-order chi connectivity index (χ0) is 13.7. The average molecular weight is 250 g/mol. The van der Waals surface area contributed by atoms with Crippen molar-refractivity contribution in [3.63, 3.8) is 0 Å². The van der Waals surface area contributed by atoms with Crippen molar-refractivity contribution in [3.8, 4) is 0 Å². The Bertz CT molecular complexity index is 418. The molecule has 0 radical (unpaired) electrons. The summed E-state index contributed by atoms with van der Waals surface area (Å²) in [7, 11) is 3.36. The second kappa shape index (κ2) is 6.52. The van der Waals surface area contributed by atoms with Crippen LogP contribution >= 0.6 is 0 Å². The van der Waals surface area contributed by atoms with E-state index in [2.05, 4.69) is 0 Å². The van der Waals surface area contributed by atoms with Gasteiger partial charge in [0.15, 0.2) is 0 Å². The highest BCUT2D eigenvalue weighted by Crippen LogP contribution is 2.11. The molecule has 0 aliphatic rings. The number of likely N-dealkylation sites (N-methyl/N-ethyl adjacent to an activating group) is 1. The quantitative estimate of drug-likeness (QED) is 0.858. The van der Waals surface area contributed by atoms with Crippen molar-refractivity contribution in [3.05, 3.63) is 34.9 Å². The van der Waals surface area contributed by atoms with Crippen LogP contribution in [0.2, 0.25) is 0 Å². The maximum absolute atomic E-state index is 12.2. The summed E-state index contributed by atoms with van der Waals surface area (Å²) in [6.45, 7) is 4.97.